The van der Waals surface area contributed by atoms with E-state index >= 15 is 0 Å². The number of thiophene rings is 1. The summed E-state index contributed by atoms with van der Waals surface area (Å²) in [7, 11) is 0. The summed E-state index contributed by atoms with van der Waals surface area (Å²) in [5.41, 5.74) is 15.3. The van der Waals surface area contributed by atoms with Gasteiger partial charge in [-0.25, -0.2) is 0 Å². The zero-order valence-electron chi connectivity index (χ0n) is 36.2. The summed E-state index contributed by atoms with van der Waals surface area (Å²) >= 11 is 1.69. The molecule has 0 amide bonds. The van der Waals surface area contributed by atoms with Crippen molar-refractivity contribution in [3.05, 3.63) is 186 Å². The fourth-order valence-electron chi connectivity index (χ4n) is 8.17. The van der Waals surface area contributed by atoms with E-state index in [0.717, 1.165) is 52.2 Å². The van der Waals surface area contributed by atoms with Gasteiger partial charge < -0.3 is 9.55 Å². The van der Waals surface area contributed by atoms with Crippen LogP contribution in [0.25, 0.3) is 71.7 Å². The second kappa shape index (κ2) is 19.1. The zero-order chi connectivity index (χ0) is 41.8. The maximum absolute atomic E-state index is 5.26. The zero-order valence-corrected chi connectivity index (χ0v) is 39.4. The summed E-state index contributed by atoms with van der Waals surface area (Å²) in [5.74, 6) is 2.19. The molecule has 0 aliphatic carbocycles. The van der Waals surface area contributed by atoms with Crippen LogP contribution in [-0.2, 0) is 38.4 Å². The Hall–Kier alpha value is -5.45. The van der Waals surface area contributed by atoms with Gasteiger partial charge in [-0.1, -0.05) is 179 Å². The topological polar surface area (TPSA) is 30.7 Å². The first-order valence-electron chi connectivity index (χ1n) is 21.2. The van der Waals surface area contributed by atoms with E-state index in [1.807, 2.05) is 24.4 Å². The van der Waals surface area contributed by atoms with Crippen LogP contribution in [0.2, 0.25) is 0 Å². The Morgan fingerprint density at radius 3 is 1.93 bits per heavy atom. The molecule has 309 valence electrons. The fourth-order valence-corrected chi connectivity index (χ4v) is 9.07. The van der Waals surface area contributed by atoms with Gasteiger partial charge in [-0.2, -0.15) is 0 Å². The number of hydrogen-bond donors (Lipinski definition) is 0. The fraction of sp³-hybridized carbons (Fsp3) is 0.214. The quantitative estimate of drug-likeness (QED) is 0.135. The average Bonchev–Trinajstić information content (AvgIpc) is 3.85. The Kier molecular flexibility index (Phi) is 13.6. The number of hydrogen-bond acceptors (Lipinski definition) is 3. The second-order valence-electron chi connectivity index (χ2n) is 17.6. The molecule has 0 aliphatic rings. The molecule has 1 radical (unpaired) electrons. The third-order valence-electron chi connectivity index (χ3n) is 10.8. The summed E-state index contributed by atoms with van der Waals surface area (Å²) in [6, 6.07) is 56.8. The molecule has 9 aromatic rings. The molecule has 61 heavy (non-hydrogen) atoms. The molecular formula is C56H53IrN3S-2. The summed E-state index contributed by atoms with van der Waals surface area (Å²) < 4.78 is 3.62. The van der Waals surface area contributed by atoms with E-state index < -0.39 is 0 Å². The number of fused-ring (bicyclic) bond motifs is 2. The van der Waals surface area contributed by atoms with E-state index in [1.54, 1.807) is 11.3 Å². The maximum atomic E-state index is 5.26. The number of aromatic nitrogens is 3. The van der Waals surface area contributed by atoms with Crippen LogP contribution in [-0.4, -0.2) is 14.5 Å². The monoisotopic (exact) mass is 992 g/mol. The number of pyridine rings is 1. The molecule has 0 fully saturated rings. The first-order chi connectivity index (χ1) is 29.0. The Labute approximate surface area is 379 Å². The number of imidazole rings is 1. The van der Waals surface area contributed by atoms with Crippen molar-refractivity contribution in [1.82, 2.24) is 14.5 Å². The summed E-state index contributed by atoms with van der Waals surface area (Å²) in [5, 5.41) is 4.86. The van der Waals surface area contributed by atoms with Gasteiger partial charge in [0.2, 0.25) is 0 Å². The van der Waals surface area contributed by atoms with Crippen LogP contribution in [0.15, 0.2) is 158 Å². The van der Waals surface area contributed by atoms with Crippen molar-refractivity contribution >= 4 is 32.5 Å². The SMILES string of the molecule is CC(C)Cc1cc(-c2[c-]cccc2)ncc1C(C)(C)C.CC(C)Cc1ccc2c(-c3nc4ccccc4n3-c3c(-c4ccccc4)cccc3-c3ccccc3)[c-]sc2c1.[Ir]. The molecule has 0 bridgehead atoms. The largest absolute Gasteiger partial charge is 0.332 e. The van der Waals surface area contributed by atoms with Crippen LogP contribution in [0.1, 0.15) is 65.2 Å². The van der Waals surface area contributed by atoms with Gasteiger partial charge in [-0.3, -0.25) is 16.3 Å². The van der Waals surface area contributed by atoms with Gasteiger partial charge in [-0.15, -0.1) is 47.3 Å². The van der Waals surface area contributed by atoms with Crippen molar-refractivity contribution in [3.63, 3.8) is 0 Å². The normalized spacial score (nSPS) is 11.5. The molecular weight excluding hydrogens is 939 g/mol. The van der Waals surface area contributed by atoms with Crippen molar-refractivity contribution in [2.45, 2.75) is 66.7 Å². The van der Waals surface area contributed by atoms with Gasteiger partial charge in [0.15, 0.2) is 0 Å². The number of nitrogens with zero attached hydrogens (tertiary/aromatic N) is 3. The molecule has 9 rings (SSSR count). The Morgan fingerprint density at radius 2 is 1.31 bits per heavy atom. The molecule has 0 saturated heterocycles. The van der Waals surface area contributed by atoms with Crippen LogP contribution in [0.5, 0.6) is 0 Å². The number of benzene rings is 6. The van der Waals surface area contributed by atoms with Crippen LogP contribution in [0.4, 0.5) is 0 Å². The molecule has 0 aliphatic heterocycles. The van der Waals surface area contributed by atoms with Crippen LogP contribution in [0, 0.1) is 23.3 Å². The molecule has 6 aromatic carbocycles. The molecule has 0 atom stereocenters. The Morgan fingerprint density at radius 1 is 0.672 bits per heavy atom. The molecule has 3 aromatic heterocycles. The van der Waals surface area contributed by atoms with E-state index in [2.05, 4.69) is 203 Å². The molecule has 5 heteroatoms. The Balaban J connectivity index is 0.000000226. The van der Waals surface area contributed by atoms with E-state index in [-0.39, 0.29) is 25.5 Å². The third kappa shape index (κ3) is 9.71. The van der Waals surface area contributed by atoms with E-state index in [4.69, 9.17) is 4.98 Å². The standard InChI is InChI=1S/C37H29N2S.C19H24N.Ir/c1-25(2)22-26-20-21-31-32(24-40-35(31)23-26)37-38-33-18-9-10-19-34(33)39(37)36-29(27-12-5-3-6-13-27)16-11-17-30(36)28-14-7-4-8-15-28;1-14(2)11-16-12-18(15-9-7-6-8-10-15)20-13-17(16)19(3,4)5;/h3-21,23,25H,22H2,1-2H3;6-9,12-14H,11H2,1-5H3;/q2*-1;. The van der Waals surface area contributed by atoms with Crippen LogP contribution in [0.3, 0.4) is 0 Å². The minimum absolute atomic E-state index is 0. The predicted molar refractivity (Wildman–Crippen MR) is 256 cm³/mol. The molecule has 0 unspecified atom stereocenters. The predicted octanol–water partition coefficient (Wildman–Crippen LogP) is 15.3. The van der Waals surface area contributed by atoms with Gasteiger partial charge in [0.1, 0.15) is 0 Å². The average molecular weight is 992 g/mol. The van der Waals surface area contributed by atoms with Gasteiger partial charge >= 0.3 is 0 Å². The second-order valence-corrected chi connectivity index (χ2v) is 18.4. The van der Waals surface area contributed by atoms with Crippen molar-refractivity contribution in [2.24, 2.45) is 11.8 Å². The summed E-state index contributed by atoms with van der Waals surface area (Å²) in [6.07, 6.45) is 4.22. The maximum Gasteiger partial charge on any atom is 0.0774 e. The number of rotatable bonds is 9. The third-order valence-corrected chi connectivity index (χ3v) is 11.7. The van der Waals surface area contributed by atoms with Crippen LogP contribution < -0.4 is 0 Å². The summed E-state index contributed by atoms with van der Waals surface area (Å²) in [4.78, 5) is 9.91. The van der Waals surface area contributed by atoms with Crippen molar-refractivity contribution in [1.29, 1.82) is 0 Å². The first kappa shape index (κ1) is 43.6. The van der Waals surface area contributed by atoms with E-state index in [0.29, 0.717) is 11.8 Å². The van der Waals surface area contributed by atoms with Crippen molar-refractivity contribution in [3.8, 4) is 50.6 Å². The summed E-state index contributed by atoms with van der Waals surface area (Å²) in [6.45, 7) is 15.8. The first-order valence-corrected chi connectivity index (χ1v) is 22.0. The molecule has 3 heterocycles. The van der Waals surface area contributed by atoms with E-state index in [9.17, 15) is 0 Å². The van der Waals surface area contributed by atoms with Crippen molar-refractivity contribution < 1.29 is 20.1 Å². The van der Waals surface area contributed by atoms with Crippen LogP contribution >= 0.6 is 11.3 Å². The van der Waals surface area contributed by atoms with Gasteiger partial charge in [-0.05, 0) is 70.2 Å². The smallest absolute Gasteiger partial charge is 0.0774 e. The number of para-hydroxylation sites is 3. The van der Waals surface area contributed by atoms with Crippen molar-refractivity contribution in [2.75, 3.05) is 0 Å². The molecule has 3 nitrogen and oxygen atoms in total. The van der Waals surface area contributed by atoms with Gasteiger partial charge in [0.25, 0.3) is 0 Å². The minimum Gasteiger partial charge on any atom is -0.332 e. The van der Waals surface area contributed by atoms with Gasteiger partial charge in [0, 0.05) is 37.4 Å². The Bertz CT molecular complexity index is 2790. The molecule has 0 saturated carbocycles. The van der Waals surface area contributed by atoms with Gasteiger partial charge in [0.05, 0.1) is 22.5 Å². The molecule has 0 spiro atoms. The minimum atomic E-state index is 0. The van der Waals surface area contributed by atoms with E-state index in [1.165, 1.54) is 49.0 Å². The molecule has 0 N–H and O–H groups in total.